The van der Waals surface area contributed by atoms with Crippen LogP contribution in [0.1, 0.15) is 30.5 Å². The highest BCUT2D eigenvalue weighted by molar-refractivity contribution is 6.21. The van der Waals surface area contributed by atoms with Gasteiger partial charge in [-0.05, 0) is 36.3 Å². The van der Waals surface area contributed by atoms with E-state index in [1.54, 1.807) is 6.07 Å². The van der Waals surface area contributed by atoms with Crippen molar-refractivity contribution in [2.45, 2.75) is 26.6 Å². The second kappa shape index (κ2) is 6.04. The number of benzene rings is 2. The lowest BCUT2D eigenvalue weighted by atomic mass is 10.0. The molecule has 4 nitrogen and oxygen atoms in total. The van der Waals surface area contributed by atoms with E-state index in [2.05, 4.69) is 0 Å². The molecule has 3 rings (SSSR count). The van der Waals surface area contributed by atoms with Gasteiger partial charge in [-0.25, -0.2) is 4.79 Å². The molecule has 0 bridgehead atoms. The van der Waals surface area contributed by atoms with E-state index in [-0.39, 0.29) is 0 Å². The number of esters is 1. The maximum Gasteiger partial charge on any atom is 0.338 e. The van der Waals surface area contributed by atoms with Crippen molar-refractivity contribution in [3.63, 3.8) is 0 Å². The Hall–Kier alpha value is -2.75. The molecule has 1 heterocycles. The lowest BCUT2D eigenvalue weighted by Crippen LogP contribution is -2.29. The predicted octanol–water partition coefficient (Wildman–Crippen LogP) is 4.22. The van der Waals surface area contributed by atoms with Crippen molar-refractivity contribution in [3.8, 4) is 11.5 Å². The van der Waals surface area contributed by atoms with Gasteiger partial charge in [0.15, 0.2) is 11.5 Å². The summed E-state index contributed by atoms with van der Waals surface area (Å²) in [5.41, 5.74) is 3.29. The van der Waals surface area contributed by atoms with Crippen LogP contribution in [0.15, 0.2) is 42.5 Å². The summed E-state index contributed by atoms with van der Waals surface area (Å²) >= 11 is 0. The first-order valence-corrected chi connectivity index (χ1v) is 7.77. The predicted molar refractivity (Wildman–Crippen MR) is 92.8 cm³/mol. The number of rotatable bonds is 3. The van der Waals surface area contributed by atoms with E-state index in [1.165, 1.54) is 7.11 Å². The van der Waals surface area contributed by atoms with Gasteiger partial charge >= 0.3 is 5.97 Å². The van der Waals surface area contributed by atoms with Crippen molar-refractivity contribution in [1.82, 2.24) is 0 Å². The lowest BCUT2D eigenvalue weighted by molar-refractivity contribution is -0.133. The van der Waals surface area contributed by atoms with Crippen LogP contribution in [0.4, 0.5) is 0 Å². The number of hydrogen-bond acceptors (Lipinski definition) is 4. The van der Waals surface area contributed by atoms with Gasteiger partial charge in [-0.3, -0.25) is 0 Å². The normalized spacial score (nSPS) is 15.2. The highest BCUT2D eigenvalue weighted by Gasteiger charge is 2.32. The molecular formula is C20H20O4. The molecule has 0 saturated heterocycles. The van der Waals surface area contributed by atoms with Crippen LogP contribution in [0, 0.1) is 6.92 Å². The Balaban J connectivity index is 2.02. The van der Waals surface area contributed by atoms with Gasteiger partial charge in [0.25, 0.3) is 0 Å². The Bertz CT molecular complexity index is 801. The van der Waals surface area contributed by atoms with Crippen LogP contribution in [0.2, 0.25) is 0 Å². The van der Waals surface area contributed by atoms with Gasteiger partial charge in [0.05, 0.1) is 12.7 Å². The summed E-state index contributed by atoms with van der Waals surface area (Å²) in [7, 11) is 1.38. The molecule has 0 unspecified atom stereocenters. The Kier molecular flexibility index (Phi) is 4.06. The number of fused-ring (bicyclic) bond motifs is 1. The molecule has 0 aliphatic carbocycles. The van der Waals surface area contributed by atoms with E-state index in [4.69, 9.17) is 14.2 Å². The third-order valence-electron chi connectivity index (χ3n) is 3.76. The summed E-state index contributed by atoms with van der Waals surface area (Å²) in [4.78, 5) is 12.2. The minimum atomic E-state index is -0.701. The Morgan fingerprint density at radius 1 is 1.04 bits per heavy atom. The van der Waals surface area contributed by atoms with Crippen LogP contribution in [0.5, 0.6) is 11.5 Å². The topological polar surface area (TPSA) is 44.8 Å². The molecule has 0 spiro atoms. The second-order valence-corrected chi connectivity index (χ2v) is 6.23. The quantitative estimate of drug-likeness (QED) is 0.482. The van der Waals surface area contributed by atoms with Crippen LogP contribution in [-0.4, -0.2) is 18.9 Å². The van der Waals surface area contributed by atoms with Crippen LogP contribution in [0.25, 0.3) is 11.6 Å². The maximum atomic E-state index is 12.2. The molecule has 1 aliphatic rings. The summed E-state index contributed by atoms with van der Waals surface area (Å²) in [5, 5.41) is 0. The largest absolute Gasteiger partial charge is 0.465 e. The molecule has 124 valence electrons. The average molecular weight is 324 g/mol. The summed E-state index contributed by atoms with van der Waals surface area (Å²) < 4.78 is 16.4. The van der Waals surface area contributed by atoms with Crippen molar-refractivity contribution in [2.24, 2.45) is 0 Å². The molecule has 0 amide bonds. The number of methoxy groups -OCH3 is 1. The van der Waals surface area contributed by atoms with E-state index in [0.717, 1.165) is 16.7 Å². The lowest BCUT2D eigenvalue weighted by Gasteiger charge is -2.16. The molecule has 0 atom stereocenters. The van der Waals surface area contributed by atoms with Crippen molar-refractivity contribution in [3.05, 3.63) is 59.2 Å². The first-order valence-electron chi connectivity index (χ1n) is 7.77. The van der Waals surface area contributed by atoms with Gasteiger partial charge in [0.1, 0.15) is 0 Å². The molecule has 0 aromatic heterocycles. The zero-order valence-corrected chi connectivity index (χ0v) is 14.3. The van der Waals surface area contributed by atoms with Crippen molar-refractivity contribution < 1.29 is 19.0 Å². The van der Waals surface area contributed by atoms with Crippen LogP contribution in [-0.2, 0) is 9.53 Å². The summed E-state index contributed by atoms with van der Waals surface area (Å²) in [6, 6.07) is 13.4. The number of carbonyl (C=O) groups excluding carboxylic acids is 1. The fourth-order valence-electron chi connectivity index (χ4n) is 2.59. The minimum Gasteiger partial charge on any atom is -0.465 e. The van der Waals surface area contributed by atoms with E-state index < -0.39 is 11.8 Å². The van der Waals surface area contributed by atoms with Crippen molar-refractivity contribution >= 4 is 17.6 Å². The van der Waals surface area contributed by atoms with Gasteiger partial charge in [0, 0.05) is 13.8 Å². The molecule has 0 N–H and O–H groups in total. The minimum absolute atomic E-state index is 0.395. The van der Waals surface area contributed by atoms with E-state index in [0.29, 0.717) is 17.1 Å². The Morgan fingerprint density at radius 2 is 1.71 bits per heavy atom. The van der Waals surface area contributed by atoms with Crippen molar-refractivity contribution in [2.75, 3.05) is 7.11 Å². The molecular weight excluding hydrogens is 304 g/mol. The van der Waals surface area contributed by atoms with Gasteiger partial charge in [-0.15, -0.1) is 0 Å². The monoisotopic (exact) mass is 324 g/mol. The van der Waals surface area contributed by atoms with E-state index >= 15 is 0 Å². The SMILES string of the molecule is COC(=O)/C(=C/c1ccc(C)cc1)c1ccc2c(c1)OC(C)(C)O2. The molecule has 1 aliphatic heterocycles. The summed E-state index contributed by atoms with van der Waals surface area (Å²) in [6.45, 7) is 5.71. The van der Waals surface area contributed by atoms with Gasteiger partial charge in [0.2, 0.25) is 5.79 Å². The molecule has 2 aromatic carbocycles. The Labute approximate surface area is 141 Å². The van der Waals surface area contributed by atoms with Gasteiger partial charge < -0.3 is 14.2 Å². The smallest absolute Gasteiger partial charge is 0.338 e. The third kappa shape index (κ3) is 3.27. The fourth-order valence-corrected chi connectivity index (χ4v) is 2.59. The van der Waals surface area contributed by atoms with Crippen LogP contribution >= 0.6 is 0 Å². The van der Waals surface area contributed by atoms with Crippen LogP contribution in [0.3, 0.4) is 0 Å². The average Bonchev–Trinajstić information content (AvgIpc) is 2.86. The molecule has 0 fully saturated rings. The number of ether oxygens (including phenoxy) is 3. The third-order valence-corrected chi connectivity index (χ3v) is 3.76. The molecule has 24 heavy (non-hydrogen) atoms. The van der Waals surface area contributed by atoms with Gasteiger partial charge in [-0.1, -0.05) is 35.9 Å². The zero-order chi connectivity index (χ0) is 17.3. The van der Waals surface area contributed by atoms with E-state index in [1.807, 2.05) is 63.2 Å². The second-order valence-electron chi connectivity index (χ2n) is 6.23. The summed E-state index contributed by atoms with van der Waals surface area (Å²) in [5.74, 6) is 0.195. The molecule has 2 aromatic rings. The molecule has 4 heteroatoms. The van der Waals surface area contributed by atoms with E-state index in [9.17, 15) is 4.79 Å². The number of carbonyl (C=O) groups is 1. The zero-order valence-electron chi connectivity index (χ0n) is 14.3. The summed E-state index contributed by atoms with van der Waals surface area (Å²) in [6.07, 6.45) is 1.81. The standard InChI is InChI=1S/C20H20O4/c1-13-5-7-14(8-6-13)11-16(19(21)22-4)15-9-10-17-18(12-15)24-20(2,3)23-17/h5-12H,1-4H3/b16-11+. The molecule has 0 radical (unpaired) electrons. The highest BCUT2D eigenvalue weighted by Crippen LogP contribution is 2.41. The highest BCUT2D eigenvalue weighted by atomic mass is 16.7. The van der Waals surface area contributed by atoms with Crippen molar-refractivity contribution in [1.29, 1.82) is 0 Å². The van der Waals surface area contributed by atoms with Crippen LogP contribution < -0.4 is 9.47 Å². The molecule has 0 saturated carbocycles. The van der Waals surface area contributed by atoms with Gasteiger partial charge in [-0.2, -0.15) is 0 Å². The first-order chi connectivity index (χ1) is 11.4. The number of aryl methyl sites for hydroxylation is 1. The number of hydrogen-bond donors (Lipinski definition) is 0. The first kappa shape index (κ1) is 16.1. The maximum absolute atomic E-state index is 12.2. The fraction of sp³-hybridized carbons (Fsp3) is 0.250. The Morgan fingerprint density at radius 3 is 2.38 bits per heavy atom.